The number of likely N-dealkylation sites (tertiary alicyclic amines) is 1. The van der Waals surface area contributed by atoms with Crippen LogP contribution in [0.2, 0.25) is 0 Å². The molecule has 3 atom stereocenters. The first-order valence-corrected chi connectivity index (χ1v) is 5.37. The van der Waals surface area contributed by atoms with Gasteiger partial charge in [0.1, 0.15) is 0 Å². The summed E-state index contributed by atoms with van der Waals surface area (Å²) in [6, 6.07) is 0.663. The molecule has 0 aromatic carbocycles. The van der Waals surface area contributed by atoms with Crippen molar-refractivity contribution in [3.63, 3.8) is 0 Å². The molecule has 2 heterocycles. The molecule has 0 bridgehead atoms. The third kappa shape index (κ3) is 1.87. The maximum Gasteiger partial charge on any atom is 0.0703 e. The lowest BCUT2D eigenvalue weighted by molar-refractivity contribution is 0.0819. The van der Waals surface area contributed by atoms with E-state index in [9.17, 15) is 0 Å². The largest absolute Gasteiger partial charge is 0.377 e. The van der Waals surface area contributed by atoms with Gasteiger partial charge in [-0.15, -0.1) is 0 Å². The summed E-state index contributed by atoms with van der Waals surface area (Å²) in [5.41, 5.74) is 5.67. The van der Waals surface area contributed by atoms with Crippen molar-refractivity contribution in [1.82, 2.24) is 4.90 Å². The van der Waals surface area contributed by atoms with Crippen molar-refractivity contribution in [1.29, 1.82) is 0 Å². The van der Waals surface area contributed by atoms with Crippen molar-refractivity contribution in [2.45, 2.75) is 31.9 Å². The molecule has 0 aromatic heterocycles. The van der Waals surface area contributed by atoms with Crippen LogP contribution in [0.5, 0.6) is 0 Å². The molecule has 0 radical (unpaired) electrons. The Morgan fingerprint density at radius 1 is 1.46 bits per heavy atom. The maximum absolute atomic E-state index is 5.67. The molecular weight excluding hydrogens is 164 g/mol. The molecule has 0 aromatic rings. The Morgan fingerprint density at radius 3 is 2.85 bits per heavy atom. The van der Waals surface area contributed by atoms with Gasteiger partial charge in [0.2, 0.25) is 0 Å². The van der Waals surface area contributed by atoms with E-state index in [-0.39, 0.29) is 0 Å². The van der Waals surface area contributed by atoms with Crippen LogP contribution < -0.4 is 5.73 Å². The summed E-state index contributed by atoms with van der Waals surface area (Å²) < 4.78 is 5.57. The van der Waals surface area contributed by atoms with Crippen molar-refractivity contribution < 1.29 is 4.74 Å². The smallest absolute Gasteiger partial charge is 0.0703 e. The van der Waals surface area contributed by atoms with E-state index < -0.39 is 0 Å². The molecule has 0 spiro atoms. The number of rotatable bonds is 2. The monoisotopic (exact) mass is 184 g/mol. The van der Waals surface area contributed by atoms with Gasteiger partial charge >= 0.3 is 0 Å². The number of ether oxygens (including phenoxy) is 1. The molecular formula is C10H20N2O. The SMILES string of the molecule is CC1OCCC1N1CCC(CN)C1. The van der Waals surface area contributed by atoms with Gasteiger partial charge in [0.25, 0.3) is 0 Å². The number of nitrogens with zero attached hydrogens (tertiary/aromatic N) is 1. The molecule has 2 saturated heterocycles. The van der Waals surface area contributed by atoms with Crippen molar-refractivity contribution in [3.05, 3.63) is 0 Å². The number of hydrogen-bond donors (Lipinski definition) is 1. The molecule has 2 N–H and O–H groups in total. The van der Waals surface area contributed by atoms with Gasteiger partial charge in [0, 0.05) is 19.2 Å². The van der Waals surface area contributed by atoms with E-state index in [0.717, 1.165) is 19.1 Å². The summed E-state index contributed by atoms with van der Waals surface area (Å²) in [7, 11) is 0. The van der Waals surface area contributed by atoms with Crippen LogP contribution in [0.1, 0.15) is 19.8 Å². The van der Waals surface area contributed by atoms with Crippen LogP contribution in [0.15, 0.2) is 0 Å². The van der Waals surface area contributed by atoms with Gasteiger partial charge in [0.15, 0.2) is 0 Å². The van der Waals surface area contributed by atoms with E-state index in [2.05, 4.69) is 11.8 Å². The maximum atomic E-state index is 5.67. The first-order valence-electron chi connectivity index (χ1n) is 5.37. The van der Waals surface area contributed by atoms with Crippen molar-refractivity contribution >= 4 is 0 Å². The molecule has 76 valence electrons. The zero-order valence-electron chi connectivity index (χ0n) is 8.41. The average Bonchev–Trinajstić information content (AvgIpc) is 2.71. The Balaban J connectivity index is 1.88. The van der Waals surface area contributed by atoms with Gasteiger partial charge in [-0.25, -0.2) is 0 Å². The van der Waals surface area contributed by atoms with Crippen LogP contribution in [-0.2, 0) is 4.74 Å². The Bertz CT molecular complexity index is 174. The zero-order chi connectivity index (χ0) is 9.26. The standard InChI is InChI=1S/C10H20N2O/c1-8-10(3-5-13-8)12-4-2-9(6-11)7-12/h8-10H,2-7,11H2,1H3. The molecule has 0 saturated carbocycles. The van der Waals surface area contributed by atoms with Gasteiger partial charge in [-0.05, 0) is 38.8 Å². The minimum Gasteiger partial charge on any atom is -0.377 e. The zero-order valence-corrected chi connectivity index (χ0v) is 8.41. The van der Waals surface area contributed by atoms with E-state index in [1.54, 1.807) is 0 Å². The molecule has 2 fully saturated rings. The average molecular weight is 184 g/mol. The summed E-state index contributed by atoms with van der Waals surface area (Å²) >= 11 is 0. The van der Waals surface area contributed by atoms with E-state index in [0.29, 0.717) is 12.1 Å². The summed E-state index contributed by atoms with van der Waals surface area (Å²) in [5, 5.41) is 0. The van der Waals surface area contributed by atoms with Crippen molar-refractivity contribution in [2.75, 3.05) is 26.2 Å². The second kappa shape index (κ2) is 3.95. The van der Waals surface area contributed by atoms with Crippen LogP contribution in [0, 0.1) is 5.92 Å². The quantitative estimate of drug-likeness (QED) is 0.677. The summed E-state index contributed by atoms with van der Waals surface area (Å²) in [6.45, 7) is 6.39. The third-order valence-electron chi connectivity index (χ3n) is 3.46. The number of hydrogen-bond acceptors (Lipinski definition) is 3. The molecule has 13 heavy (non-hydrogen) atoms. The molecule has 2 aliphatic rings. The predicted molar refractivity (Wildman–Crippen MR) is 52.6 cm³/mol. The van der Waals surface area contributed by atoms with Crippen molar-refractivity contribution in [3.8, 4) is 0 Å². The fraction of sp³-hybridized carbons (Fsp3) is 1.00. The van der Waals surface area contributed by atoms with E-state index in [1.165, 1.54) is 25.9 Å². The highest BCUT2D eigenvalue weighted by molar-refractivity contribution is 4.87. The van der Waals surface area contributed by atoms with Crippen LogP contribution in [0.4, 0.5) is 0 Å². The molecule has 2 aliphatic heterocycles. The van der Waals surface area contributed by atoms with E-state index >= 15 is 0 Å². The molecule has 3 nitrogen and oxygen atoms in total. The Morgan fingerprint density at radius 2 is 2.31 bits per heavy atom. The fourth-order valence-corrected chi connectivity index (χ4v) is 2.56. The topological polar surface area (TPSA) is 38.5 Å². The van der Waals surface area contributed by atoms with Crippen molar-refractivity contribution in [2.24, 2.45) is 11.7 Å². The minimum atomic E-state index is 0.427. The van der Waals surface area contributed by atoms with Gasteiger partial charge < -0.3 is 10.5 Å². The second-order valence-corrected chi connectivity index (χ2v) is 4.32. The molecule has 0 aliphatic carbocycles. The highest BCUT2D eigenvalue weighted by atomic mass is 16.5. The molecule has 2 rings (SSSR count). The first-order chi connectivity index (χ1) is 6.31. The minimum absolute atomic E-state index is 0.427. The fourth-order valence-electron chi connectivity index (χ4n) is 2.56. The lowest BCUT2D eigenvalue weighted by atomic mass is 10.1. The first kappa shape index (κ1) is 9.44. The number of nitrogens with two attached hydrogens (primary N) is 1. The van der Waals surface area contributed by atoms with E-state index in [4.69, 9.17) is 10.5 Å². The van der Waals surface area contributed by atoms with Crippen LogP contribution in [-0.4, -0.2) is 43.3 Å². The Kier molecular flexibility index (Phi) is 2.86. The summed E-state index contributed by atoms with van der Waals surface area (Å²) in [4.78, 5) is 2.56. The summed E-state index contributed by atoms with van der Waals surface area (Å²) in [6.07, 6.45) is 2.91. The molecule has 0 amide bonds. The van der Waals surface area contributed by atoms with Crippen LogP contribution in [0.3, 0.4) is 0 Å². The highest BCUT2D eigenvalue weighted by Crippen LogP contribution is 2.25. The lowest BCUT2D eigenvalue weighted by Crippen LogP contribution is -2.38. The predicted octanol–water partition coefficient (Wildman–Crippen LogP) is 0.444. The summed E-state index contributed by atoms with van der Waals surface area (Å²) in [5.74, 6) is 0.729. The Labute approximate surface area is 80.2 Å². The van der Waals surface area contributed by atoms with Crippen LogP contribution in [0.25, 0.3) is 0 Å². The van der Waals surface area contributed by atoms with Gasteiger partial charge in [-0.2, -0.15) is 0 Å². The lowest BCUT2D eigenvalue weighted by Gasteiger charge is -2.26. The van der Waals surface area contributed by atoms with Gasteiger partial charge in [0.05, 0.1) is 6.10 Å². The molecule has 3 heteroatoms. The van der Waals surface area contributed by atoms with Gasteiger partial charge in [-0.1, -0.05) is 0 Å². The third-order valence-corrected chi connectivity index (χ3v) is 3.46. The second-order valence-electron chi connectivity index (χ2n) is 4.32. The highest BCUT2D eigenvalue weighted by Gasteiger charge is 2.33. The Hall–Kier alpha value is -0.120. The van der Waals surface area contributed by atoms with Gasteiger partial charge in [-0.3, -0.25) is 4.90 Å². The van der Waals surface area contributed by atoms with Crippen LogP contribution >= 0.6 is 0 Å². The van der Waals surface area contributed by atoms with E-state index in [1.807, 2.05) is 0 Å². The molecule has 3 unspecified atom stereocenters. The normalized spacial score (nSPS) is 41.5.